The predicted molar refractivity (Wildman–Crippen MR) is 91.1 cm³/mol. The first-order valence-electron chi connectivity index (χ1n) is 6.74. The summed E-state index contributed by atoms with van der Waals surface area (Å²) < 4.78 is 0.692. The van der Waals surface area contributed by atoms with Crippen LogP contribution in [0.15, 0.2) is 24.5 Å². The second kappa shape index (κ2) is 7.48. The van der Waals surface area contributed by atoms with Crippen molar-refractivity contribution < 1.29 is 9.90 Å². The summed E-state index contributed by atoms with van der Waals surface area (Å²) in [4.78, 5) is 16.2. The van der Waals surface area contributed by atoms with Crippen LogP contribution in [-0.4, -0.2) is 41.7 Å². The van der Waals surface area contributed by atoms with E-state index in [0.717, 1.165) is 17.0 Å². The van der Waals surface area contributed by atoms with E-state index in [9.17, 15) is 9.90 Å². The van der Waals surface area contributed by atoms with Gasteiger partial charge in [0.15, 0.2) is 0 Å². The van der Waals surface area contributed by atoms with E-state index in [1.54, 1.807) is 12.4 Å². The normalized spacial score (nSPS) is 20.6. The summed E-state index contributed by atoms with van der Waals surface area (Å²) in [5.74, 6) is -0.0811. The van der Waals surface area contributed by atoms with Crippen molar-refractivity contribution in [3.8, 4) is 10.4 Å². The van der Waals surface area contributed by atoms with Gasteiger partial charge in [-0.25, -0.2) is 0 Å². The van der Waals surface area contributed by atoms with Crippen LogP contribution < -0.4 is 10.6 Å². The number of H-pyrrole nitrogens is 1. The number of nitrogens with one attached hydrogen (secondary N) is 3. The standard InChI is InChI=1S/C14H16ClN3O2S.ClH/c15-13-2-1-12(21-13)9-5-17-6-10(9)14(20)18-4-8-3-16-7-11(8)19;/h1-2,5-6,8,11,16-17,19H,3-4,7H2,(H,18,20);1H. The Labute approximate surface area is 143 Å². The maximum Gasteiger partial charge on any atom is 0.253 e. The van der Waals surface area contributed by atoms with Crippen LogP contribution in [0.3, 0.4) is 0 Å². The number of aliphatic hydroxyl groups is 1. The van der Waals surface area contributed by atoms with Gasteiger partial charge in [0.25, 0.3) is 5.91 Å². The van der Waals surface area contributed by atoms with Crippen molar-refractivity contribution in [3.63, 3.8) is 0 Å². The molecule has 0 spiro atoms. The van der Waals surface area contributed by atoms with E-state index in [1.165, 1.54) is 11.3 Å². The molecule has 2 unspecified atom stereocenters. The molecule has 2 aromatic rings. The molecule has 0 saturated carbocycles. The van der Waals surface area contributed by atoms with Crippen LogP contribution in [-0.2, 0) is 0 Å². The Kier molecular flexibility index (Phi) is 5.88. The van der Waals surface area contributed by atoms with Crippen LogP contribution in [0.5, 0.6) is 0 Å². The van der Waals surface area contributed by atoms with Crippen LogP contribution in [0.2, 0.25) is 4.34 Å². The second-order valence-corrected chi connectivity index (χ2v) is 6.80. The number of aromatic amines is 1. The molecule has 0 bridgehead atoms. The Balaban J connectivity index is 0.00000176. The van der Waals surface area contributed by atoms with Gasteiger partial charge in [-0.1, -0.05) is 11.6 Å². The molecule has 0 aromatic carbocycles. The number of aromatic nitrogens is 1. The van der Waals surface area contributed by atoms with Gasteiger partial charge in [-0.2, -0.15) is 0 Å². The number of amides is 1. The lowest BCUT2D eigenvalue weighted by atomic mass is 10.1. The topological polar surface area (TPSA) is 77.2 Å². The van der Waals surface area contributed by atoms with E-state index in [-0.39, 0.29) is 24.2 Å². The van der Waals surface area contributed by atoms with Crippen molar-refractivity contribution in [1.82, 2.24) is 15.6 Å². The Morgan fingerprint density at radius 1 is 1.41 bits per heavy atom. The Bertz CT molecular complexity index is 644. The first-order valence-corrected chi connectivity index (χ1v) is 7.94. The van der Waals surface area contributed by atoms with Crippen molar-refractivity contribution in [1.29, 1.82) is 0 Å². The van der Waals surface area contributed by atoms with E-state index < -0.39 is 6.10 Å². The number of rotatable bonds is 4. The molecule has 2 aromatic heterocycles. The summed E-state index contributed by atoms with van der Waals surface area (Å²) in [6.45, 7) is 1.77. The van der Waals surface area contributed by atoms with Crippen molar-refractivity contribution in [3.05, 3.63) is 34.4 Å². The molecule has 0 radical (unpaired) electrons. The third-order valence-corrected chi connectivity index (χ3v) is 4.92. The van der Waals surface area contributed by atoms with E-state index in [4.69, 9.17) is 11.6 Å². The molecule has 1 amide bonds. The van der Waals surface area contributed by atoms with E-state index >= 15 is 0 Å². The van der Waals surface area contributed by atoms with Crippen molar-refractivity contribution >= 4 is 41.3 Å². The van der Waals surface area contributed by atoms with Crippen LogP contribution in [0.1, 0.15) is 10.4 Å². The van der Waals surface area contributed by atoms with Gasteiger partial charge in [-0.3, -0.25) is 4.79 Å². The number of thiophene rings is 1. The summed E-state index contributed by atoms with van der Waals surface area (Å²) in [6.07, 6.45) is 3.08. The maximum absolute atomic E-state index is 12.3. The van der Waals surface area contributed by atoms with Crippen molar-refractivity contribution in [2.75, 3.05) is 19.6 Å². The summed E-state index contributed by atoms with van der Waals surface area (Å²) in [5.41, 5.74) is 1.43. The largest absolute Gasteiger partial charge is 0.391 e. The molecule has 8 heteroatoms. The smallest absolute Gasteiger partial charge is 0.253 e. The van der Waals surface area contributed by atoms with Crippen LogP contribution in [0, 0.1) is 5.92 Å². The fourth-order valence-electron chi connectivity index (χ4n) is 2.46. The highest BCUT2D eigenvalue weighted by atomic mass is 35.5. The minimum atomic E-state index is -0.396. The summed E-state index contributed by atoms with van der Waals surface area (Å²) in [7, 11) is 0. The first-order chi connectivity index (χ1) is 10.1. The number of halogens is 2. The maximum atomic E-state index is 12.3. The average Bonchev–Trinajstić information content (AvgIpc) is 3.16. The number of hydrogen-bond donors (Lipinski definition) is 4. The fraction of sp³-hybridized carbons (Fsp3) is 0.357. The highest BCUT2D eigenvalue weighted by Crippen LogP contribution is 2.33. The number of aliphatic hydroxyl groups excluding tert-OH is 1. The molecule has 1 aliphatic rings. The van der Waals surface area contributed by atoms with E-state index in [2.05, 4.69) is 15.6 Å². The third-order valence-electron chi connectivity index (χ3n) is 3.66. The third kappa shape index (κ3) is 3.64. The molecule has 22 heavy (non-hydrogen) atoms. The molecule has 120 valence electrons. The van der Waals surface area contributed by atoms with E-state index in [1.807, 2.05) is 12.1 Å². The summed E-state index contributed by atoms with van der Waals surface area (Å²) in [6, 6.07) is 3.72. The van der Waals surface area contributed by atoms with Gasteiger partial charge in [0.2, 0.25) is 0 Å². The van der Waals surface area contributed by atoms with Gasteiger partial charge in [0.1, 0.15) is 0 Å². The van der Waals surface area contributed by atoms with Crippen LogP contribution >= 0.6 is 35.3 Å². The summed E-state index contributed by atoms with van der Waals surface area (Å²) >= 11 is 7.38. The Hall–Kier alpha value is -1.05. The molecular weight excluding hydrogens is 345 g/mol. The molecule has 1 saturated heterocycles. The minimum absolute atomic E-state index is 0. The summed E-state index contributed by atoms with van der Waals surface area (Å²) in [5, 5.41) is 15.7. The Morgan fingerprint density at radius 2 is 2.23 bits per heavy atom. The zero-order valence-electron chi connectivity index (χ0n) is 11.6. The van der Waals surface area contributed by atoms with Gasteiger partial charge in [0, 0.05) is 48.4 Å². The highest BCUT2D eigenvalue weighted by Gasteiger charge is 2.25. The van der Waals surface area contributed by atoms with Gasteiger partial charge in [-0.05, 0) is 12.1 Å². The number of carbonyl (C=O) groups excluding carboxylic acids is 1. The van der Waals surface area contributed by atoms with Crippen LogP contribution in [0.25, 0.3) is 10.4 Å². The highest BCUT2D eigenvalue weighted by molar-refractivity contribution is 7.19. The predicted octanol–water partition coefficient (Wildman–Crippen LogP) is 2.13. The van der Waals surface area contributed by atoms with Crippen molar-refractivity contribution in [2.45, 2.75) is 6.10 Å². The molecule has 0 aliphatic carbocycles. The zero-order chi connectivity index (χ0) is 14.8. The number of carbonyl (C=O) groups is 1. The molecule has 3 heterocycles. The number of β-amino-alcohol motifs (C(OH)–C–C–N with tert-alkyl or cyclic N) is 1. The second-order valence-electron chi connectivity index (χ2n) is 5.08. The molecule has 4 N–H and O–H groups in total. The Morgan fingerprint density at radius 3 is 2.86 bits per heavy atom. The van der Waals surface area contributed by atoms with Gasteiger partial charge < -0.3 is 20.7 Å². The quantitative estimate of drug-likeness (QED) is 0.673. The lowest BCUT2D eigenvalue weighted by molar-refractivity contribution is 0.0928. The average molecular weight is 362 g/mol. The van der Waals surface area contributed by atoms with Gasteiger partial charge >= 0.3 is 0 Å². The van der Waals surface area contributed by atoms with Crippen LogP contribution in [0.4, 0.5) is 0 Å². The SMILES string of the molecule is Cl.O=C(NCC1CNCC1O)c1c[nH]cc1-c1ccc(Cl)s1. The monoisotopic (exact) mass is 361 g/mol. The van der Waals surface area contributed by atoms with E-state index in [0.29, 0.717) is 23.0 Å². The molecule has 1 fully saturated rings. The van der Waals surface area contributed by atoms with Gasteiger partial charge in [0.05, 0.1) is 16.0 Å². The first kappa shape index (κ1) is 17.3. The minimum Gasteiger partial charge on any atom is -0.391 e. The molecule has 5 nitrogen and oxygen atoms in total. The van der Waals surface area contributed by atoms with Gasteiger partial charge in [-0.15, -0.1) is 23.7 Å². The molecular formula is C14H17Cl2N3O2S. The fourth-order valence-corrected chi connectivity index (χ4v) is 3.53. The molecule has 1 aliphatic heterocycles. The zero-order valence-corrected chi connectivity index (χ0v) is 14.0. The lowest BCUT2D eigenvalue weighted by Crippen LogP contribution is -2.34. The lowest BCUT2D eigenvalue weighted by Gasteiger charge is -2.14. The molecule has 2 atom stereocenters. The van der Waals surface area contributed by atoms with Crippen molar-refractivity contribution in [2.24, 2.45) is 5.92 Å². The molecule has 3 rings (SSSR count). The number of hydrogen-bond acceptors (Lipinski definition) is 4.